The Balaban J connectivity index is 1.57. The maximum absolute atomic E-state index is 11.9. The van der Waals surface area contributed by atoms with E-state index < -0.39 is 0 Å². The van der Waals surface area contributed by atoms with Crippen molar-refractivity contribution in [2.45, 2.75) is 32.9 Å². The number of hydrogen-bond donors (Lipinski definition) is 3. The fourth-order valence-electron chi connectivity index (χ4n) is 3.32. The van der Waals surface area contributed by atoms with Crippen molar-refractivity contribution in [1.82, 2.24) is 16.0 Å². The first-order valence-electron chi connectivity index (χ1n) is 10.3. The number of anilines is 1. The monoisotopic (exact) mass is 407 g/mol. The third kappa shape index (κ3) is 5.59. The van der Waals surface area contributed by atoms with E-state index in [0.717, 1.165) is 42.3 Å². The summed E-state index contributed by atoms with van der Waals surface area (Å²) in [5.74, 6) is 0.832. The summed E-state index contributed by atoms with van der Waals surface area (Å²) < 4.78 is 0. The maximum Gasteiger partial charge on any atom is 0.251 e. The number of carbonyl (C=O) groups is 2. The van der Waals surface area contributed by atoms with Gasteiger partial charge in [0, 0.05) is 44.4 Å². The summed E-state index contributed by atoms with van der Waals surface area (Å²) in [6.07, 6.45) is 1.56. The standard InChI is InChI=1S/C23H29N5O2/c1-3-25-23(26-15-17-6-10-19(11-7-17)22(30)24-2)27-16-18-8-12-20(13-9-18)28-14-4-5-21(28)29/h6-13H,3-5,14-16H2,1-2H3,(H,24,30)(H2,25,26,27). The van der Waals surface area contributed by atoms with Gasteiger partial charge in [-0.1, -0.05) is 24.3 Å². The van der Waals surface area contributed by atoms with Gasteiger partial charge in [-0.3, -0.25) is 9.59 Å². The number of aliphatic imine (C=N–C) groups is 1. The van der Waals surface area contributed by atoms with Crippen molar-refractivity contribution in [1.29, 1.82) is 0 Å². The van der Waals surface area contributed by atoms with Gasteiger partial charge in [0.25, 0.3) is 5.91 Å². The predicted molar refractivity (Wildman–Crippen MR) is 120 cm³/mol. The molecule has 1 aliphatic heterocycles. The second-order valence-electron chi connectivity index (χ2n) is 7.14. The Morgan fingerprint density at radius 3 is 2.33 bits per heavy atom. The van der Waals surface area contributed by atoms with Crippen LogP contribution in [-0.4, -0.2) is 37.9 Å². The highest BCUT2D eigenvalue weighted by Crippen LogP contribution is 2.21. The summed E-state index contributed by atoms with van der Waals surface area (Å²) in [7, 11) is 1.62. The van der Waals surface area contributed by atoms with Crippen LogP contribution in [0.5, 0.6) is 0 Å². The lowest BCUT2D eigenvalue weighted by molar-refractivity contribution is -0.117. The van der Waals surface area contributed by atoms with Gasteiger partial charge >= 0.3 is 0 Å². The molecule has 7 heteroatoms. The topological polar surface area (TPSA) is 85.8 Å². The molecule has 3 rings (SSSR count). The van der Waals surface area contributed by atoms with Gasteiger partial charge in [-0.15, -0.1) is 0 Å². The number of nitrogens with zero attached hydrogens (tertiary/aromatic N) is 2. The van der Waals surface area contributed by atoms with Crippen LogP contribution in [0.4, 0.5) is 5.69 Å². The van der Waals surface area contributed by atoms with Crippen molar-refractivity contribution >= 4 is 23.5 Å². The van der Waals surface area contributed by atoms with Gasteiger partial charge in [0.15, 0.2) is 5.96 Å². The Bertz CT molecular complexity index is 891. The number of rotatable bonds is 7. The van der Waals surface area contributed by atoms with Crippen LogP contribution in [0, 0.1) is 0 Å². The van der Waals surface area contributed by atoms with Crippen molar-refractivity contribution in [3.63, 3.8) is 0 Å². The van der Waals surface area contributed by atoms with Crippen molar-refractivity contribution in [3.05, 3.63) is 65.2 Å². The molecule has 7 nitrogen and oxygen atoms in total. The lowest BCUT2D eigenvalue weighted by atomic mass is 10.1. The van der Waals surface area contributed by atoms with Crippen molar-refractivity contribution in [3.8, 4) is 0 Å². The minimum Gasteiger partial charge on any atom is -0.357 e. The molecule has 0 radical (unpaired) electrons. The Labute approximate surface area is 177 Å². The van der Waals surface area contributed by atoms with Crippen LogP contribution in [0.1, 0.15) is 41.3 Å². The van der Waals surface area contributed by atoms with E-state index in [-0.39, 0.29) is 11.8 Å². The quantitative estimate of drug-likeness (QED) is 0.486. The van der Waals surface area contributed by atoms with E-state index in [2.05, 4.69) is 20.9 Å². The lowest BCUT2D eigenvalue weighted by Crippen LogP contribution is -2.36. The zero-order valence-electron chi connectivity index (χ0n) is 17.6. The van der Waals surface area contributed by atoms with Gasteiger partial charge in [-0.05, 0) is 48.7 Å². The molecule has 0 unspecified atom stereocenters. The third-order valence-corrected chi connectivity index (χ3v) is 4.99. The summed E-state index contributed by atoms with van der Waals surface area (Å²) in [5.41, 5.74) is 3.74. The van der Waals surface area contributed by atoms with Gasteiger partial charge in [-0.2, -0.15) is 0 Å². The molecule has 1 heterocycles. The fourth-order valence-corrected chi connectivity index (χ4v) is 3.32. The molecule has 2 aromatic carbocycles. The highest BCUT2D eigenvalue weighted by atomic mass is 16.2. The summed E-state index contributed by atoms with van der Waals surface area (Å²) in [6.45, 7) is 4.73. The van der Waals surface area contributed by atoms with Crippen molar-refractivity contribution in [2.24, 2.45) is 4.99 Å². The van der Waals surface area contributed by atoms with E-state index >= 15 is 0 Å². The van der Waals surface area contributed by atoms with E-state index in [1.165, 1.54) is 0 Å². The molecule has 0 aliphatic carbocycles. The van der Waals surface area contributed by atoms with Crippen molar-refractivity contribution < 1.29 is 9.59 Å². The highest BCUT2D eigenvalue weighted by molar-refractivity contribution is 5.95. The minimum absolute atomic E-state index is 0.0930. The molecule has 158 valence electrons. The first-order valence-corrected chi connectivity index (χ1v) is 10.3. The maximum atomic E-state index is 11.9. The molecule has 0 saturated carbocycles. The molecule has 3 N–H and O–H groups in total. The van der Waals surface area contributed by atoms with Crippen molar-refractivity contribution in [2.75, 3.05) is 25.0 Å². The molecule has 0 spiro atoms. The van der Waals surface area contributed by atoms with Crippen LogP contribution in [0.2, 0.25) is 0 Å². The van der Waals surface area contributed by atoms with Gasteiger partial charge in [-0.25, -0.2) is 4.99 Å². The van der Waals surface area contributed by atoms with Gasteiger partial charge in [0.05, 0.1) is 6.54 Å². The average molecular weight is 408 g/mol. The number of benzene rings is 2. The van der Waals surface area contributed by atoms with E-state index in [9.17, 15) is 9.59 Å². The number of nitrogens with one attached hydrogen (secondary N) is 3. The molecule has 0 atom stereocenters. The highest BCUT2D eigenvalue weighted by Gasteiger charge is 2.21. The second-order valence-corrected chi connectivity index (χ2v) is 7.14. The molecule has 1 aliphatic rings. The molecule has 2 aromatic rings. The molecule has 1 fully saturated rings. The minimum atomic E-state index is -0.0930. The number of hydrogen-bond acceptors (Lipinski definition) is 3. The van der Waals surface area contributed by atoms with E-state index in [1.54, 1.807) is 7.05 Å². The lowest BCUT2D eigenvalue weighted by Gasteiger charge is -2.16. The average Bonchev–Trinajstić information content (AvgIpc) is 3.21. The Morgan fingerprint density at radius 1 is 1.03 bits per heavy atom. The van der Waals surface area contributed by atoms with Crippen LogP contribution < -0.4 is 20.9 Å². The Kier molecular flexibility index (Phi) is 7.43. The fraction of sp³-hybridized carbons (Fsp3) is 0.348. The third-order valence-electron chi connectivity index (χ3n) is 4.99. The Hall–Kier alpha value is -3.35. The normalized spacial score (nSPS) is 14.0. The predicted octanol–water partition coefficient (Wildman–Crippen LogP) is 2.43. The van der Waals surface area contributed by atoms with Crippen LogP contribution >= 0.6 is 0 Å². The molecular weight excluding hydrogens is 378 g/mol. The molecule has 0 aromatic heterocycles. The zero-order chi connectivity index (χ0) is 21.3. The van der Waals surface area contributed by atoms with Gasteiger partial charge < -0.3 is 20.9 Å². The van der Waals surface area contributed by atoms with E-state index in [4.69, 9.17) is 0 Å². The zero-order valence-corrected chi connectivity index (χ0v) is 17.6. The van der Waals surface area contributed by atoms with Gasteiger partial charge in [0.1, 0.15) is 0 Å². The summed E-state index contributed by atoms with van der Waals surface area (Å²) in [4.78, 5) is 30.0. The number of guanidine groups is 1. The summed E-state index contributed by atoms with van der Waals surface area (Å²) in [5, 5.41) is 9.18. The SMILES string of the molecule is CCNC(=NCc1ccc(N2CCCC2=O)cc1)NCc1ccc(C(=O)NC)cc1. The summed E-state index contributed by atoms with van der Waals surface area (Å²) >= 11 is 0. The number of carbonyl (C=O) groups excluding carboxylic acids is 2. The molecule has 2 amide bonds. The molecular formula is C23H29N5O2. The second kappa shape index (κ2) is 10.4. The first-order chi connectivity index (χ1) is 14.6. The molecule has 0 bridgehead atoms. The van der Waals surface area contributed by atoms with E-state index in [1.807, 2.05) is 60.4 Å². The van der Waals surface area contributed by atoms with Crippen LogP contribution in [0.15, 0.2) is 53.5 Å². The summed E-state index contributed by atoms with van der Waals surface area (Å²) in [6, 6.07) is 15.5. The smallest absolute Gasteiger partial charge is 0.251 e. The van der Waals surface area contributed by atoms with E-state index in [0.29, 0.717) is 25.1 Å². The Morgan fingerprint density at radius 2 is 1.73 bits per heavy atom. The molecule has 30 heavy (non-hydrogen) atoms. The largest absolute Gasteiger partial charge is 0.357 e. The van der Waals surface area contributed by atoms with Crippen LogP contribution in [0.25, 0.3) is 0 Å². The van der Waals surface area contributed by atoms with Gasteiger partial charge in [0.2, 0.25) is 5.91 Å². The molecule has 1 saturated heterocycles. The number of amides is 2. The first kappa shape index (κ1) is 21.4. The van der Waals surface area contributed by atoms with Crippen LogP contribution in [-0.2, 0) is 17.9 Å². The van der Waals surface area contributed by atoms with Crippen LogP contribution in [0.3, 0.4) is 0 Å².